The second kappa shape index (κ2) is 10.6. The van der Waals surface area contributed by atoms with E-state index >= 15 is 0 Å². The zero-order valence-corrected chi connectivity index (χ0v) is 20.1. The van der Waals surface area contributed by atoms with Gasteiger partial charge >= 0.3 is 0 Å². The van der Waals surface area contributed by atoms with Crippen LogP contribution in [0.4, 0.5) is 4.39 Å². The SMILES string of the molecule is Cc1ccc(CN(Cc2ccc(F)cc2)C(=O)CN(CC(C)C)C(=O)c2ccc3c(c2)OCO3)o1. The smallest absolute Gasteiger partial charge is 0.254 e. The van der Waals surface area contributed by atoms with Crippen LogP contribution in [0.2, 0.25) is 0 Å². The van der Waals surface area contributed by atoms with E-state index in [1.807, 2.05) is 32.9 Å². The minimum Gasteiger partial charge on any atom is -0.464 e. The molecular formula is C27H29FN2O5. The van der Waals surface area contributed by atoms with E-state index in [9.17, 15) is 14.0 Å². The van der Waals surface area contributed by atoms with Crippen molar-refractivity contribution in [1.82, 2.24) is 9.80 Å². The van der Waals surface area contributed by atoms with Gasteiger partial charge in [0.1, 0.15) is 23.9 Å². The lowest BCUT2D eigenvalue weighted by Crippen LogP contribution is -2.43. The van der Waals surface area contributed by atoms with Crippen molar-refractivity contribution in [2.24, 2.45) is 5.92 Å². The number of carbonyl (C=O) groups excluding carboxylic acids is 2. The number of hydrogen-bond donors (Lipinski definition) is 0. The number of aryl methyl sites for hydroxylation is 1. The monoisotopic (exact) mass is 480 g/mol. The first kappa shape index (κ1) is 24.3. The van der Waals surface area contributed by atoms with Crippen LogP contribution in [0.25, 0.3) is 0 Å². The summed E-state index contributed by atoms with van der Waals surface area (Å²) in [6, 6.07) is 14.7. The summed E-state index contributed by atoms with van der Waals surface area (Å²) in [5, 5.41) is 0. The predicted octanol–water partition coefficient (Wildman–Crippen LogP) is 4.78. The normalized spacial score (nSPS) is 12.1. The number of furan rings is 1. The van der Waals surface area contributed by atoms with Gasteiger partial charge in [-0.3, -0.25) is 9.59 Å². The molecule has 0 fully saturated rings. The first-order valence-corrected chi connectivity index (χ1v) is 11.5. The molecule has 35 heavy (non-hydrogen) atoms. The van der Waals surface area contributed by atoms with E-state index < -0.39 is 0 Å². The molecule has 0 radical (unpaired) electrons. The number of amides is 2. The summed E-state index contributed by atoms with van der Waals surface area (Å²) < 4.78 is 29.8. The maximum Gasteiger partial charge on any atom is 0.254 e. The van der Waals surface area contributed by atoms with E-state index in [1.165, 1.54) is 12.1 Å². The molecular weight excluding hydrogens is 451 g/mol. The number of carbonyl (C=O) groups is 2. The first-order valence-electron chi connectivity index (χ1n) is 11.5. The number of ether oxygens (including phenoxy) is 2. The zero-order chi connectivity index (χ0) is 24.9. The number of nitrogens with zero attached hydrogens (tertiary/aromatic N) is 2. The Hall–Kier alpha value is -3.81. The van der Waals surface area contributed by atoms with E-state index in [1.54, 1.807) is 40.1 Å². The lowest BCUT2D eigenvalue weighted by atomic mass is 10.1. The van der Waals surface area contributed by atoms with Gasteiger partial charge in [0.25, 0.3) is 5.91 Å². The van der Waals surface area contributed by atoms with Crippen LogP contribution in [0.3, 0.4) is 0 Å². The topological polar surface area (TPSA) is 72.2 Å². The first-order chi connectivity index (χ1) is 16.8. The Labute approximate surface area is 204 Å². The minimum atomic E-state index is -0.342. The Morgan fingerprint density at radius 1 is 0.943 bits per heavy atom. The van der Waals surface area contributed by atoms with Crippen LogP contribution in [0.5, 0.6) is 11.5 Å². The van der Waals surface area contributed by atoms with E-state index in [4.69, 9.17) is 13.9 Å². The van der Waals surface area contributed by atoms with Gasteiger partial charge in [0.05, 0.1) is 6.54 Å². The lowest BCUT2D eigenvalue weighted by Gasteiger charge is -2.28. The summed E-state index contributed by atoms with van der Waals surface area (Å²) in [4.78, 5) is 30.1. The molecule has 0 atom stereocenters. The van der Waals surface area contributed by atoms with Gasteiger partial charge in [-0.05, 0) is 60.9 Å². The Morgan fingerprint density at radius 2 is 1.69 bits per heavy atom. The fourth-order valence-corrected chi connectivity index (χ4v) is 3.94. The predicted molar refractivity (Wildman–Crippen MR) is 127 cm³/mol. The largest absolute Gasteiger partial charge is 0.464 e. The standard InChI is InChI=1S/C27H29FN2O5/c1-18(2)13-30(27(32)21-7-11-24-25(12-21)34-17-33-24)16-26(31)29(15-23-10-4-19(3)35-23)14-20-5-8-22(28)9-6-20/h4-12,18H,13-17H2,1-3H3. The Bertz CT molecular complexity index is 1190. The van der Waals surface area contributed by atoms with Crippen molar-refractivity contribution >= 4 is 11.8 Å². The molecule has 0 saturated heterocycles. The summed E-state index contributed by atoms with van der Waals surface area (Å²) in [5.41, 5.74) is 1.20. The van der Waals surface area contributed by atoms with Gasteiger partial charge in [-0.1, -0.05) is 26.0 Å². The second-order valence-corrected chi connectivity index (χ2v) is 9.04. The Kier molecular flexibility index (Phi) is 7.39. The van der Waals surface area contributed by atoms with Gasteiger partial charge in [-0.2, -0.15) is 0 Å². The average molecular weight is 481 g/mol. The molecule has 2 aromatic carbocycles. The van der Waals surface area contributed by atoms with Crippen LogP contribution in [0.15, 0.2) is 59.0 Å². The molecule has 2 amide bonds. The summed E-state index contributed by atoms with van der Waals surface area (Å²) in [5.74, 6) is 1.79. The van der Waals surface area contributed by atoms with E-state index in [0.717, 1.165) is 11.3 Å². The van der Waals surface area contributed by atoms with Crippen molar-refractivity contribution in [2.45, 2.75) is 33.9 Å². The van der Waals surface area contributed by atoms with E-state index in [-0.39, 0.29) is 50.0 Å². The zero-order valence-electron chi connectivity index (χ0n) is 20.1. The Balaban J connectivity index is 1.55. The molecule has 0 aliphatic carbocycles. The maximum atomic E-state index is 13.5. The van der Waals surface area contributed by atoms with Crippen LogP contribution < -0.4 is 9.47 Å². The number of hydrogen-bond acceptors (Lipinski definition) is 5. The molecule has 0 saturated carbocycles. The van der Waals surface area contributed by atoms with Crippen molar-refractivity contribution in [3.63, 3.8) is 0 Å². The molecule has 0 unspecified atom stereocenters. The molecule has 2 heterocycles. The van der Waals surface area contributed by atoms with Crippen molar-refractivity contribution < 1.29 is 27.9 Å². The number of benzene rings is 2. The van der Waals surface area contributed by atoms with Crippen LogP contribution in [0, 0.1) is 18.7 Å². The highest BCUT2D eigenvalue weighted by atomic mass is 19.1. The highest BCUT2D eigenvalue weighted by Crippen LogP contribution is 2.33. The molecule has 0 N–H and O–H groups in total. The molecule has 8 heteroatoms. The summed E-state index contributed by atoms with van der Waals surface area (Å²) >= 11 is 0. The second-order valence-electron chi connectivity index (χ2n) is 9.04. The van der Waals surface area contributed by atoms with Gasteiger partial charge in [0.2, 0.25) is 12.7 Å². The van der Waals surface area contributed by atoms with Gasteiger partial charge in [-0.15, -0.1) is 0 Å². The minimum absolute atomic E-state index is 0.105. The highest BCUT2D eigenvalue weighted by Gasteiger charge is 2.25. The Morgan fingerprint density at radius 3 is 2.37 bits per heavy atom. The molecule has 7 nitrogen and oxygen atoms in total. The van der Waals surface area contributed by atoms with Crippen LogP contribution in [0.1, 0.15) is 41.3 Å². The molecule has 0 spiro atoms. The van der Waals surface area contributed by atoms with Gasteiger partial charge in [0, 0.05) is 18.7 Å². The third-order valence-corrected chi connectivity index (χ3v) is 5.60. The molecule has 1 aliphatic rings. The van der Waals surface area contributed by atoms with Crippen molar-refractivity contribution in [1.29, 1.82) is 0 Å². The van der Waals surface area contributed by atoms with Crippen molar-refractivity contribution in [3.05, 3.63) is 83.1 Å². The third kappa shape index (κ3) is 6.20. The maximum absolute atomic E-state index is 13.5. The third-order valence-electron chi connectivity index (χ3n) is 5.60. The highest BCUT2D eigenvalue weighted by molar-refractivity contribution is 5.97. The number of halogens is 1. The van der Waals surface area contributed by atoms with E-state index in [0.29, 0.717) is 29.4 Å². The summed E-state index contributed by atoms with van der Waals surface area (Å²) in [6.07, 6.45) is 0. The molecule has 3 aromatic rings. The molecule has 4 rings (SSSR count). The van der Waals surface area contributed by atoms with Crippen LogP contribution in [-0.4, -0.2) is 41.5 Å². The molecule has 0 bridgehead atoms. The van der Waals surface area contributed by atoms with Crippen molar-refractivity contribution in [2.75, 3.05) is 19.9 Å². The van der Waals surface area contributed by atoms with Gasteiger partial charge < -0.3 is 23.7 Å². The van der Waals surface area contributed by atoms with Crippen molar-refractivity contribution in [3.8, 4) is 11.5 Å². The fraction of sp³-hybridized carbons (Fsp3) is 0.333. The van der Waals surface area contributed by atoms with Crippen LogP contribution >= 0.6 is 0 Å². The van der Waals surface area contributed by atoms with Crippen LogP contribution in [-0.2, 0) is 17.9 Å². The van der Waals surface area contributed by atoms with Gasteiger partial charge in [-0.25, -0.2) is 4.39 Å². The fourth-order valence-electron chi connectivity index (χ4n) is 3.94. The number of rotatable bonds is 9. The molecule has 184 valence electrons. The van der Waals surface area contributed by atoms with Gasteiger partial charge in [0.15, 0.2) is 11.5 Å². The number of fused-ring (bicyclic) bond motifs is 1. The quantitative estimate of drug-likeness (QED) is 0.441. The summed E-state index contributed by atoms with van der Waals surface area (Å²) in [7, 11) is 0. The lowest BCUT2D eigenvalue weighted by molar-refractivity contribution is -0.133. The molecule has 1 aliphatic heterocycles. The summed E-state index contributed by atoms with van der Waals surface area (Å²) in [6.45, 7) is 6.73. The average Bonchev–Trinajstić information content (AvgIpc) is 3.46. The molecule has 1 aromatic heterocycles. The van der Waals surface area contributed by atoms with E-state index in [2.05, 4.69) is 0 Å².